The van der Waals surface area contributed by atoms with Crippen LogP contribution in [0.15, 0.2) is 12.1 Å². The monoisotopic (exact) mass is 301 g/mol. The van der Waals surface area contributed by atoms with E-state index in [1.807, 2.05) is 0 Å². The summed E-state index contributed by atoms with van der Waals surface area (Å²) in [6.45, 7) is 0.513. The molecule has 0 fully saturated rings. The third-order valence-electron chi connectivity index (χ3n) is 2.76. The second-order valence-corrected chi connectivity index (χ2v) is 4.50. The van der Waals surface area contributed by atoms with Crippen molar-refractivity contribution in [1.29, 1.82) is 0 Å². The molecule has 1 heterocycles. The molecule has 1 amide bonds. The Labute approximate surface area is 118 Å². The molecule has 0 aliphatic rings. The van der Waals surface area contributed by atoms with Gasteiger partial charge in [0.15, 0.2) is 16.4 Å². The topological polar surface area (TPSA) is 59.0 Å². The SMILES string of the molecule is COCCNC(=O)Cn1c(=S)[nH]c2ccc(F)c(F)c21. The first-order chi connectivity index (χ1) is 9.54. The average Bonchev–Trinajstić information content (AvgIpc) is 2.72. The Bertz CT molecular complexity index is 696. The summed E-state index contributed by atoms with van der Waals surface area (Å²) in [4.78, 5) is 14.4. The lowest BCUT2D eigenvalue weighted by Crippen LogP contribution is -2.30. The Morgan fingerprint density at radius 1 is 1.50 bits per heavy atom. The molecule has 1 aromatic heterocycles. The van der Waals surface area contributed by atoms with Crippen LogP contribution in [0.4, 0.5) is 8.78 Å². The average molecular weight is 301 g/mol. The van der Waals surface area contributed by atoms with Gasteiger partial charge in [0, 0.05) is 13.7 Å². The van der Waals surface area contributed by atoms with Crippen LogP contribution in [-0.4, -0.2) is 35.7 Å². The van der Waals surface area contributed by atoms with Gasteiger partial charge in [0.1, 0.15) is 12.1 Å². The Balaban J connectivity index is 2.30. The number of hydrogen-bond acceptors (Lipinski definition) is 3. The number of rotatable bonds is 5. The predicted octanol–water partition coefficient (Wildman–Crippen LogP) is 1.74. The number of aromatic amines is 1. The van der Waals surface area contributed by atoms with Crippen molar-refractivity contribution in [2.24, 2.45) is 0 Å². The fourth-order valence-electron chi connectivity index (χ4n) is 1.83. The molecule has 0 radical (unpaired) electrons. The number of amides is 1. The van der Waals surface area contributed by atoms with Crippen LogP contribution in [0.25, 0.3) is 11.0 Å². The van der Waals surface area contributed by atoms with Crippen molar-refractivity contribution in [3.8, 4) is 0 Å². The molecular formula is C12H13F2N3O2S. The fraction of sp³-hybridized carbons (Fsp3) is 0.333. The van der Waals surface area contributed by atoms with E-state index in [2.05, 4.69) is 10.3 Å². The number of benzene rings is 1. The van der Waals surface area contributed by atoms with E-state index in [-0.39, 0.29) is 22.7 Å². The van der Waals surface area contributed by atoms with Gasteiger partial charge in [-0.3, -0.25) is 4.79 Å². The van der Waals surface area contributed by atoms with Gasteiger partial charge in [0.2, 0.25) is 5.91 Å². The van der Waals surface area contributed by atoms with E-state index in [1.54, 1.807) is 0 Å². The van der Waals surface area contributed by atoms with Gasteiger partial charge >= 0.3 is 0 Å². The highest BCUT2D eigenvalue weighted by Crippen LogP contribution is 2.20. The summed E-state index contributed by atoms with van der Waals surface area (Å²) in [6, 6.07) is 2.38. The lowest BCUT2D eigenvalue weighted by Gasteiger charge is -2.07. The van der Waals surface area contributed by atoms with Crippen LogP contribution in [0.3, 0.4) is 0 Å². The number of nitrogens with zero attached hydrogens (tertiary/aromatic N) is 1. The molecular weight excluding hydrogens is 288 g/mol. The molecule has 1 aromatic carbocycles. The molecule has 0 aliphatic heterocycles. The minimum atomic E-state index is -1.03. The summed E-state index contributed by atoms with van der Waals surface area (Å²) >= 11 is 5.02. The minimum Gasteiger partial charge on any atom is -0.383 e. The van der Waals surface area contributed by atoms with Gasteiger partial charge in [-0.2, -0.15) is 0 Å². The van der Waals surface area contributed by atoms with E-state index >= 15 is 0 Å². The summed E-state index contributed by atoms with van der Waals surface area (Å²) < 4.78 is 33.3. The molecule has 108 valence electrons. The van der Waals surface area contributed by atoms with Crippen molar-refractivity contribution in [1.82, 2.24) is 14.9 Å². The number of aromatic nitrogens is 2. The van der Waals surface area contributed by atoms with E-state index in [0.29, 0.717) is 18.7 Å². The van der Waals surface area contributed by atoms with E-state index < -0.39 is 11.6 Å². The molecule has 0 spiro atoms. The van der Waals surface area contributed by atoms with Crippen LogP contribution >= 0.6 is 12.2 Å². The number of halogens is 2. The third-order valence-corrected chi connectivity index (χ3v) is 3.08. The quantitative estimate of drug-likeness (QED) is 0.653. The Morgan fingerprint density at radius 2 is 2.25 bits per heavy atom. The fourth-order valence-corrected chi connectivity index (χ4v) is 2.10. The molecule has 8 heteroatoms. The number of imidazole rings is 1. The molecule has 2 aromatic rings. The summed E-state index contributed by atoms with van der Waals surface area (Å²) in [5.41, 5.74) is 0.301. The second-order valence-electron chi connectivity index (χ2n) is 4.12. The van der Waals surface area contributed by atoms with Crippen molar-refractivity contribution >= 4 is 29.2 Å². The van der Waals surface area contributed by atoms with Crippen molar-refractivity contribution in [3.63, 3.8) is 0 Å². The van der Waals surface area contributed by atoms with Gasteiger partial charge in [-0.25, -0.2) is 8.78 Å². The standard InChI is InChI=1S/C12H13F2N3O2S/c1-19-5-4-15-9(18)6-17-11-8(16-12(17)20)3-2-7(13)10(11)14/h2-3H,4-6H2,1H3,(H,15,18)(H,16,20). The van der Waals surface area contributed by atoms with Crippen LogP contribution in [0.5, 0.6) is 0 Å². The second kappa shape index (κ2) is 6.10. The van der Waals surface area contributed by atoms with E-state index in [1.165, 1.54) is 17.7 Å². The van der Waals surface area contributed by atoms with Gasteiger partial charge in [0.25, 0.3) is 0 Å². The van der Waals surface area contributed by atoms with E-state index in [4.69, 9.17) is 17.0 Å². The Kier molecular flexibility index (Phi) is 4.46. The number of H-pyrrole nitrogens is 1. The molecule has 0 bridgehead atoms. The van der Waals surface area contributed by atoms with Crippen LogP contribution < -0.4 is 5.32 Å². The van der Waals surface area contributed by atoms with Crippen molar-refractivity contribution in [3.05, 3.63) is 28.5 Å². The van der Waals surface area contributed by atoms with Gasteiger partial charge in [-0.05, 0) is 24.4 Å². The maximum absolute atomic E-state index is 13.8. The Hall–Kier alpha value is -1.80. The first-order valence-corrected chi connectivity index (χ1v) is 6.27. The zero-order chi connectivity index (χ0) is 14.7. The normalized spacial score (nSPS) is 10.9. The third kappa shape index (κ3) is 2.86. The van der Waals surface area contributed by atoms with Gasteiger partial charge in [0.05, 0.1) is 12.1 Å². The summed E-state index contributed by atoms with van der Waals surface area (Å²) in [6.07, 6.45) is 0. The lowest BCUT2D eigenvalue weighted by molar-refractivity contribution is -0.121. The maximum Gasteiger partial charge on any atom is 0.240 e. The molecule has 2 rings (SSSR count). The van der Waals surface area contributed by atoms with E-state index in [9.17, 15) is 13.6 Å². The lowest BCUT2D eigenvalue weighted by atomic mass is 10.3. The van der Waals surface area contributed by atoms with Crippen molar-refractivity contribution in [2.75, 3.05) is 20.3 Å². The highest BCUT2D eigenvalue weighted by molar-refractivity contribution is 7.71. The Morgan fingerprint density at radius 3 is 2.95 bits per heavy atom. The van der Waals surface area contributed by atoms with E-state index in [0.717, 1.165) is 6.07 Å². The molecule has 0 saturated carbocycles. The molecule has 0 saturated heterocycles. The maximum atomic E-state index is 13.8. The summed E-state index contributed by atoms with van der Waals surface area (Å²) in [5.74, 6) is -2.37. The van der Waals surface area contributed by atoms with Crippen LogP contribution in [0, 0.1) is 16.4 Å². The number of carbonyl (C=O) groups is 1. The summed E-state index contributed by atoms with van der Waals surface area (Å²) in [5, 5.41) is 2.59. The number of carbonyl (C=O) groups excluding carboxylic acids is 1. The highest BCUT2D eigenvalue weighted by atomic mass is 32.1. The van der Waals surface area contributed by atoms with Gasteiger partial charge in [-0.15, -0.1) is 0 Å². The molecule has 5 nitrogen and oxygen atoms in total. The van der Waals surface area contributed by atoms with Gasteiger partial charge in [-0.1, -0.05) is 0 Å². The van der Waals surface area contributed by atoms with Gasteiger partial charge < -0.3 is 19.6 Å². The van der Waals surface area contributed by atoms with Crippen LogP contribution in [0.1, 0.15) is 0 Å². The number of fused-ring (bicyclic) bond motifs is 1. The zero-order valence-electron chi connectivity index (χ0n) is 10.7. The number of nitrogens with one attached hydrogen (secondary N) is 2. The molecule has 0 unspecified atom stereocenters. The smallest absolute Gasteiger partial charge is 0.240 e. The van der Waals surface area contributed by atoms with Crippen LogP contribution in [-0.2, 0) is 16.1 Å². The first-order valence-electron chi connectivity index (χ1n) is 5.86. The molecule has 2 N–H and O–H groups in total. The van der Waals surface area contributed by atoms with Crippen molar-refractivity contribution < 1.29 is 18.3 Å². The van der Waals surface area contributed by atoms with Crippen molar-refractivity contribution in [2.45, 2.75) is 6.54 Å². The first kappa shape index (κ1) is 14.6. The molecule has 20 heavy (non-hydrogen) atoms. The molecule has 0 aliphatic carbocycles. The minimum absolute atomic E-state index is 0.0445. The number of hydrogen-bond donors (Lipinski definition) is 2. The summed E-state index contributed by atoms with van der Waals surface area (Å²) in [7, 11) is 1.51. The highest BCUT2D eigenvalue weighted by Gasteiger charge is 2.15. The largest absolute Gasteiger partial charge is 0.383 e. The number of ether oxygens (including phenoxy) is 1. The predicted molar refractivity (Wildman–Crippen MR) is 71.9 cm³/mol. The van der Waals surface area contributed by atoms with Crippen LogP contribution in [0.2, 0.25) is 0 Å². The molecule has 0 atom stereocenters. The zero-order valence-corrected chi connectivity index (χ0v) is 11.5. The number of methoxy groups -OCH3 is 1.